The Morgan fingerprint density at radius 2 is 1.76 bits per heavy atom. The Morgan fingerprint density at radius 1 is 1.12 bits per heavy atom. The molecule has 1 nitrogen and oxygen atoms in total. The van der Waals surface area contributed by atoms with E-state index < -0.39 is 0 Å². The molecule has 2 heteroatoms. The molecule has 1 heterocycles. The minimum atomic E-state index is 0.262. The predicted octanol–water partition coefficient (Wildman–Crippen LogP) is 3.52. The normalized spacial score (nSPS) is 31.4. The van der Waals surface area contributed by atoms with Gasteiger partial charge in [0.15, 0.2) is 0 Å². The first-order valence-corrected chi connectivity index (χ1v) is 7.56. The average Bonchev–Trinajstić information content (AvgIpc) is 2.70. The summed E-state index contributed by atoms with van der Waals surface area (Å²) in [5.74, 6) is 2.68. The second-order valence-corrected chi connectivity index (χ2v) is 7.78. The van der Waals surface area contributed by atoms with E-state index in [1.807, 2.05) is 0 Å². The third-order valence-electron chi connectivity index (χ3n) is 4.26. The molecule has 3 atom stereocenters. The lowest BCUT2D eigenvalue weighted by Crippen LogP contribution is -2.15. The van der Waals surface area contributed by atoms with Gasteiger partial charge >= 0.3 is 0 Å². The summed E-state index contributed by atoms with van der Waals surface area (Å²) in [5.41, 5.74) is 3.33. The lowest BCUT2D eigenvalue weighted by molar-refractivity contribution is 0.587. The summed E-state index contributed by atoms with van der Waals surface area (Å²) in [6, 6.07) is 7.17. The lowest BCUT2D eigenvalue weighted by atomic mass is 9.85. The summed E-state index contributed by atoms with van der Waals surface area (Å²) < 4.78 is 1.39. The van der Waals surface area contributed by atoms with Crippen LogP contribution in [0, 0.1) is 15.4 Å². The van der Waals surface area contributed by atoms with Crippen LogP contribution in [0.1, 0.15) is 37.8 Å². The second kappa shape index (κ2) is 3.95. The topological polar surface area (TPSA) is 12.0 Å². The van der Waals surface area contributed by atoms with Crippen LogP contribution in [0.25, 0.3) is 0 Å². The second-order valence-electron chi connectivity index (χ2n) is 6.53. The van der Waals surface area contributed by atoms with Crippen LogP contribution in [-0.2, 0) is 5.41 Å². The molecule has 0 bridgehead atoms. The molecular weight excluding hydrogens is 321 g/mol. The van der Waals surface area contributed by atoms with Gasteiger partial charge in [-0.1, -0.05) is 26.8 Å². The molecule has 1 aromatic rings. The molecule has 17 heavy (non-hydrogen) atoms. The number of benzene rings is 1. The maximum atomic E-state index is 3.48. The first-order valence-electron chi connectivity index (χ1n) is 6.48. The van der Waals surface area contributed by atoms with Crippen molar-refractivity contribution in [2.75, 3.05) is 13.1 Å². The standard InChI is InChI=1S/C15H20IN/c1-15(2,3)10-4-9(5-11(16)6-10)14-12-7-17-8-13(12)14/h4-6,12-14,17H,7-8H2,1-3H3/t12-,13+,14?. The molecule has 92 valence electrons. The van der Waals surface area contributed by atoms with Crippen LogP contribution in [0.5, 0.6) is 0 Å². The van der Waals surface area contributed by atoms with E-state index in [2.05, 4.69) is 66.9 Å². The van der Waals surface area contributed by atoms with Gasteiger partial charge in [0, 0.05) is 3.57 Å². The number of hydrogen-bond donors (Lipinski definition) is 1. The fraction of sp³-hybridized carbons (Fsp3) is 0.600. The molecule has 0 radical (unpaired) electrons. The van der Waals surface area contributed by atoms with Gasteiger partial charge in [-0.15, -0.1) is 0 Å². The quantitative estimate of drug-likeness (QED) is 0.771. The largest absolute Gasteiger partial charge is 0.316 e. The molecular formula is C15H20IN. The molecule has 0 aromatic heterocycles. The molecule has 1 saturated heterocycles. The van der Waals surface area contributed by atoms with Crippen molar-refractivity contribution in [2.45, 2.75) is 32.1 Å². The Bertz CT molecular complexity index is 437. The maximum absolute atomic E-state index is 3.48. The molecule has 2 fully saturated rings. The van der Waals surface area contributed by atoms with Crippen LogP contribution >= 0.6 is 22.6 Å². The van der Waals surface area contributed by atoms with Crippen molar-refractivity contribution in [3.8, 4) is 0 Å². The van der Waals surface area contributed by atoms with Crippen molar-refractivity contribution >= 4 is 22.6 Å². The third kappa shape index (κ3) is 2.14. The molecule has 3 rings (SSSR count). The van der Waals surface area contributed by atoms with Crippen molar-refractivity contribution in [1.29, 1.82) is 0 Å². The number of fused-ring (bicyclic) bond motifs is 1. The molecule has 1 aliphatic heterocycles. The predicted molar refractivity (Wildman–Crippen MR) is 80.4 cm³/mol. The highest BCUT2D eigenvalue weighted by Gasteiger charge is 2.53. The highest BCUT2D eigenvalue weighted by atomic mass is 127. The van der Waals surface area contributed by atoms with E-state index in [0.717, 1.165) is 17.8 Å². The van der Waals surface area contributed by atoms with E-state index >= 15 is 0 Å². The summed E-state index contributed by atoms with van der Waals surface area (Å²) in [6.07, 6.45) is 0. The summed E-state index contributed by atoms with van der Waals surface area (Å²) in [6.45, 7) is 9.36. The molecule has 1 aromatic carbocycles. The molecule has 2 aliphatic rings. The minimum absolute atomic E-state index is 0.262. The number of halogens is 1. The van der Waals surface area contributed by atoms with E-state index in [0.29, 0.717) is 0 Å². The van der Waals surface area contributed by atoms with E-state index in [4.69, 9.17) is 0 Å². The van der Waals surface area contributed by atoms with Crippen molar-refractivity contribution in [1.82, 2.24) is 5.32 Å². The SMILES string of the molecule is CC(C)(C)c1cc(I)cc(C2[C@H]3CNC[C@@H]23)c1. The zero-order valence-corrected chi connectivity index (χ0v) is 12.9. The summed E-state index contributed by atoms with van der Waals surface area (Å²) in [7, 11) is 0. The van der Waals surface area contributed by atoms with Gasteiger partial charge in [0.05, 0.1) is 0 Å². The van der Waals surface area contributed by atoms with Gasteiger partial charge < -0.3 is 5.32 Å². The first-order chi connectivity index (χ1) is 7.97. The molecule has 1 unspecified atom stereocenters. The van der Waals surface area contributed by atoms with Crippen molar-refractivity contribution < 1.29 is 0 Å². The number of nitrogens with one attached hydrogen (secondary N) is 1. The molecule has 0 spiro atoms. The van der Waals surface area contributed by atoms with Gasteiger partial charge in [-0.25, -0.2) is 0 Å². The summed E-state index contributed by atoms with van der Waals surface area (Å²) >= 11 is 2.46. The Labute approximate surface area is 118 Å². The zero-order chi connectivity index (χ0) is 12.2. The van der Waals surface area contributed by atoms with Gasteiger partial charge in [0.25, 0.3) is 0 Å². The van der Waals surface area contributed by atoms with E-state index in [1.54, 1.807) is 5.56 Å². The van der Waals surface area contributed by atoms with Crippen LogP contribution in [-0.4, -0.2) is 13.1 Å². The number of piperidine rings is 1. The summed E-state index contributed by atoms with van der Waals surface area (Å²) in [4.78, 5) is 0. The molecule has 1 saturated carbocycles. The Balaban J connectivity index is 1.93. The smallest absolute Gasteiger partial charge is 0.0136 e. The van der Waals surface area contributed by atoms with Crippen LogP contribution in [0.3, 0.4) is 0 Å². The Kier molecular flexibility index (Phi) is 2.78. The molecule has 1 N–H and O–H groups in total. The van der Waals surface area contributed by atoms with Crippen LogP contribution in [0.15, 0.2) is 18.2 Å². The van der Waals surface area contributed by atoms with Crippen LogP contribution in [0.4, 0.5) is 0 Å². The lowest BCUT2D eigenvalue weighted by Gasteiger charge is -2.21. The Morgan fingerprint density at radius 3 is 2.35 bits per heavy atom. The average molecular weight is 341 g/mol. The van der Waals surface area contributed by atoms with Crippen LogP contribution in [0.2, 0.25) is 0 Å². The highest BCUT2D eigenvalue weighted by Crippen LogP contribution is 2.56. The molecule has 0 amide bonds. The first kappa shape index (κ1) is 12.0. The zero-order valence-electron chi connectivity index (χ0n) is 10.8. The van der Waals surface area contributed by atoms with Gasteiger partial charge in [-0.3, -0.25) is 0 Å². The monoisotopic (exact) mass is 341 g/mol. The summed E-state index contributed by atoms with van der Waals surface area (Å²) in [5, 5.41) is 3.48. The fourth-order valence-electron chi connectivity index (χ4n) is 3.15. The van der Waals surface area contributed by atoms with Crippen molar-refractivity contribution in [3.63, 3.8) is 0 Å². The third-order valence-corrected chi connectivity index (χ3v) is 4.89. The van der Waals surface area contributed by atoms with Gasteiger partial charge in [-0.2, -0.15) is 0 Å². The van der Waals surface area contributed by atoms with Gasteiger partial charge in [-0.05, 0) is 82.1 Å². The number of rotatable bonds is 1. The van der Waals surface area contributed by atoms with Crippen molar-refractivity contribution in [3.05, 3.63) is 32.9 Å². The minimum Gasteiger partial charge on any atom is -0.316 e. The van der Waals surface area contributed by atoms with Gasteiger partial charge in [0.1, 0.15) is 0 Å². The van der Waals surface area contributed by atoms with Gasteiger partial charge in [0.2, 0.25) is 0 Å². The molecule has 1 aliphatic carbocycles. The Hall–Kier alpha value is -0.0900. The van der Waals surface area contributed by atoms with E-state index in [-0.39, 0.29) is 5.41 Å². The maximum Gasteiger partial charge on any atom is 0.0136 e. The van der Waals surface area contributed by atoms with Crippen LogP contribution < -0.4 is 5.32 Å². The van der Waals surface area contributed by atoms with E-state index in [9.17, 15) is 0 Å². The highest BCUT2D eigenvalue weighted by molar-refractivity contribution is 14.1. The van der Waals surface area contributed by atoms with E-state index in [1.165, 1.54) is 22.2 Å². The fourth-order valence-corrected chi connectivity index (χ4v) is 3.85. The van der Waals surface area contributed by atoms with Crippen molar-refractivity contribution in [2.24, 2.45) is 11.8 Å². The number of hydrogen-bond acceptors (Lipinski definition) is 1.